The molecule has 1 aliphatic heterocycles. The number of piperazine rings is 1. The number of rotatable bonds is 8. The van der Waals surface area contributed by atoms with Crippen LogP contribution in [0.1, 0.15) is 17.7 Å². The van der Waals surface area contributed by atoms with Crippen molar-refractivity contribution in [3.8, 4) is 23.1 Å². The zero-order valence-corrected chi connectivity index (χ0v) is 19.1. The molecule has 0 spiro atoms. The molecule has 1 saturated heterocycles. The number of anilines is 1. The van der Waals surface area contributed by atoms with Crippen LogP contribution in [0.2, 0.25) is 0 Å². The third kappa shape index (κ3) is 6.41. The van der Waals surface area contributed by atoms with Gasteiger partial charge in [-0.3, -0.25) is 0 Å². The van der Waals surface area contributed by atoms with Gasteiger partial charge in [0.1, 0.15) is 23.5 Å². The summed E-state index contributed by atoms with van der Waals surface area (Å²) >= 11 is 0. The van der Waals surface area contributed by atoms with E-state index >= 15 is 0 Å². The van der Waals surface area contributed by atoms with Crippen LogP contribution in [0, 0.1) is 16.9 Å². The number of nitriles is 1. The van der Waals surface area contributed by atoms with Gasteiger partial charge in [0.2, 0.25) is 0 Å². The Morgan fingerprint density at radius 2 is 2.03 bits per heavy atom. The molecule has 3 rings (SSSR count). The van der Waals surface area contributed by atoms with E-state index in [4.69, 9.17) is 10.3 Å². The maximum absolute atomic E-state index is 13.8. The highest BCUT2D eigenvalue weighted by Crippen LogP contribution is 2.40. The Hall–Kier alpha value is -3.44. The average molecular weight is 515 g/mol. The zero-order valence-electron chi connectivity index (χ0n) is 19.1. The summed E-state index contributed by atoms with van der Waals surface area (Å²) in [5, 5.41) is 17.7. The molecule has 0 aliphatic carbocycles. The molecule has 1 aromatic carbocycles. The first-order valence-electron chi connectivity index (χ1n) is 10.8. The molecule has 1 aliphatic rings. The van der Waals surface area contributed by atoms with Crippen molar-refractivity contribution < 1.29 is 31.1 Å². The van der Waals surface area contributed by atoms with E-state index in [0.717, 1.165) is 12.1 Å². The van der Waals surface area contributed by atoms with Gasteiger partial charge in [0.15, 0.2) is 5.69 Å². The first kappa shape index (κ1) is 27.2. The molecule has 0 bridgehead atoms. The molecular weight excluding hydrogens is 492 g/mol. The minimum absolute atomic E-state index is 0.0363. The second kappa shape index (κ2) is 11.1. The summed E-state index contributed by atoms with van der Waals surface area (Å²) in [6.45, 7) is 0.453. The zero-order chi connectivity index (χ0) is 26.5. The van der Waals surface area contributed by atoms with Gasteiger partial charge in [-0.2, -0.15) is 36.7 Å². The van der Waals surface area contributed by atoms with Crippen molar-refractivity contribution in [2.45, 2.75) is 24.8 Å². The van der Waals surface area contributed by atoms with Gasteiger partial charge >= 0.3 is 12.4 Å². The van der Waals surface area contributed by atoms with Crippen molar-refractivity contribution in [2.75, 3.05) is 45.2 Å². The van der Waals surface area contributed by atoms with E-state index in [0.29, 0.717) is 6.54 Å². The maximum atomic E-state index is 13.8. The van der Waals surface area contributed by atoms with E-state index in [1.807, 2.05) is 0 Å². The quantitative estimate of drug-likeness (QED) is 0.261. The predicted molar refractivity (Wildman–Crippen MR) is 118 cm³/mol. The number of pyridine rings is 1. The summed E-state index contributed by atoms with van der Waals surface area (Å²) in [7, 11) is 1.51. The topological polar surface area (TPSA) is 109 Å². The SMILES string of the molecule is CNc1cc(-c2ccc(OCCCN3CCNC(C(F)(F)F)C3)c(C(F)(F)F)c2)nc(C#N)c1N=N. The van der Waals surface area contributed by atoms with Gasteiger partial charge in [0.05, 0.1) is 23.6 Å². The molecular formula is C22H23F6N7O. The van der Waals surface area contributed by atoms with Crippen LogP contribution < -0.4 is 15.4 Å². The van der Waals surface area contributed by atoms with Crippen molar-refractivity contribution >= 4 is 11.4 Å². The molecule has 2 heterocycles. The van der Waals surface area contributed by atoms with Gasteiger partial charge in [-0.1, -0.05) is 0 Å². The fraction of sp³-hybridized carbons (Fsp3) is 0.455. The molecule has 3 N–H and O–H groups in total. The molecule has 1 atom stereocenters. The van der Waals surface area contributed by atoms with Gasteiger partial charge in [0, 0.05) is 38.8 Å². The Labute approximate surface area is 202 Å². The molecule has 36 heavy (non-hydrogen) atoms. The van der Waals surface area contributed by atoms with E-state index < -0.39 is 29.7 Å². The van der Waals surface area contributed by atoms with Crippen molar-refractivity contribution in [1.82, 2.24) is 15.2 Å². The summed E-state index contributed by atoms with van der Waals surface area (Å²) in [5.41, 5.74) is 6.28. The summed E-state index contributed by atoms with van der Waals surface area (Å²) in [6.07, 6.45) is -8.89. The maximum Gasteiger partial charge on any atom is 0.419 e. The highest BCUT2D eigenvalue weighted by Gasteiger charge is 2.41. The number of nitrogens with zero attached hydrogens (tertiary/aromatic N) is 4. The normalized spacial score (nSPS) is 16.9. The molecule has 1 unspecified atom stereocenters. The largest absolute Gasteiger partial charge is 0.493 e. The van der Waals surface area contributed by atoms with E-state index in [-0.39, 0.29) is 61.0 Å². The van der Waals surface area contributed by atoms with Gasteiger partial charge in [-0.25, -0.2) is 10.5 Å². The third-order valence-electron chi connectivity index (χ3n) is 5.59. The van der Waals surface area contributed by atoms with Crippen LogP contribution in [-0.2, 0) is 6.18 Å². The molecule has 194 valence electrons. The van der Waals surface area contributed by atoms with Gasteiger partial charge in [-0.15, -0.1) is 0 Å². The second-order valence-corrected chi connectivity index (χ2v) is 7.99. The second-order valence-electron chi connectivity index (χ2n) is 7.99. The lowest BCUT2D eigenvalue weighted by atomic mass is 10.0. The van der Waals surface area contributed by atoms with E-state index in [1.54, 1.807) is 11.0 Å². The van der Waals surface area contributed by atoms with Crippen LogP contribution >= 0.6 is 0 Å². The van der Waals surface area contributed by atoms with Gasteiger partial charge in [0.25, 0.3) is 0 Å². The Balaban J connectivity index is 1.74. The number of halogens is 6. The van der Waals surface area contributed by atoms with Crippen molar-refractivity contribution in [2.24, 2.45) is 5.11 Å². The number of benzene rings is 1. The predicted octanol–water partition coefficient (Wildman–Crippen LogP) is 4.95. The van der Waals surface area contributed by atoms with Gasteiger partial charge < -0.3 is 20.3 Å². The van der Waals surface area contributed by atoms with E-state index in [9.17, 15) is 31.6 Å². The lowest BCUT2D eigenvalue weighted by molar-refractivity contribution is -0.164. The standard InChI is InChI=1S/C22H23F6N7O/c1-31-16-10-15(33-17(11-29)20(16)34-30)13-3-4-18(14(9-13)21(23,24)25)36-8-2-6-35-7-5-32-19(12-35)22(26,27)28/h3-4,9-10,19,30,32H,2,5-8,12H2,1H3,(H,31,33). The van der Waals surface area contributed by atoms with Crippen LogP contribution in [0.3, 0.4) is 0 Å². The average Bonchev–Trinajstić information content (AvgIpc) is 2.84. The first-order valence-corrected chi connectivity index (χ1v) is 10.8. The lowest BCUT2D eigenvalue weighted by Crippen LogP contribution is -2.57. The molecule has 0 saturated carbocycles. The number of ether oxygens (including phenoxy) is 1. The number of hydrogen-bond acceptors (Lipinski definition) is 8. The van der Waals surface area contributed by atoms with Crippen molar-refractivity contribution in [3.63, 3.8) is 0 Å². The highest BCUT2D eigenvalue weighted by atomic mass is 19.4. The monoisotopic (exact) mass is 515 g/mol. The molecule has 0 radical (unpaired) electrons. The smallest absolute Gasteiger partial charge is 0.419 e. The Kier molecular flexibility index (Phi) is 8.36. The molecule has 14 heteroatoms. The van der Waals surface area contributed by atoms with Crippen LogP contribution in [-0.4, -0.2) is 61.9 Å². The molecule has 8 nitrogen and oxygen atoms in total. The Morgan fingerprint density at radius 3 is 2.64 bits per heavy atom. The third-order valence-corrected chi connectivity index (χ3v) is 5.59. The first-order chi connectivity index (χ1) is 17.0. The number of hydrogen-bond donors (Lipinski definition) is 3. The molecule has 2 aromatic rings. The highest BCUT2D eigenvalue weighted by molar-refractivity contribution is 5.76. The minimum Gasteiger partial charge on any atom is -0.493 e. The molecule has 0 amide bonds. The number of alkyl halides is 6. The molecule has 1 aromatic heterocycles. The van der Waals surface area contributed by atoms with E-state index in [1.165, 1.54) is 19.2 Å². The van der Waals surface area contributed by atoms with Crippen molar-refractivity contribution in [1.29, 1.82) is 10.8 Å². The van der Waals surface area contributed by atoms with Crippen LogP contribution in [0.15, 0.2) is 29.4 Å². The van der Waals surface area contributed by atoms with Crippen LogP contribution in [0.4, 0.5) is 37.7 Å². The lowest BCUT2D eigenvalue weighted by Gasteiger charge is -2.34. The van der Waals surface area contributed by atoms with Crippen LogP contribution in [0.25, 0.3) is 11.3 Å². The van der Waals surface area contributed by atoms with Crippen LogP contribution in [0.5, 0.6) is 5.75 Å². The van der Waals surface area contributed by atoms with E-state index in [2.05, 4.69) is 20.7 Å². The summed E-state index contributed by atoms with van der Waals surface area (Å²) in [5.74, 6) is -0.424. The number of nitrogens with one attached hydrogen (secondary N) is 3. The Morgan fingerprint density at radius 1 is 1.28 bits per heavy atom. The van der Waals surface area contributed by atoms with Crippen molar-refractivity contribution in [3.05, 3.63) is 35.5 Å². The fourth-order valence-electron chi connectivity index (χ4n) is 3.81. The van der Waals surface area contributed by atoms with Gasteiger partial charge in [-0.05, 0) is 30.7 Å². The summed E-state index contributed by atoms with van der Waals surface area (Å²) in [6, 6.07) is 4.86. The minimum atomic E-state index is -4.76. The Bertz CT molecular complexity index is 1130. The fourth-order valence-corrected chi connectivity index (χ4v) is 3.81. The molecule has 1 fully saturated rings. The number of aromatic nitrogens is 1. The summed E-state index contributed by atoms with van der Waals surface area (Å²) in [4.78, 5) is 5.62. The summed E-state index contributed by atoms with van der Waals surface area (Å²) < 4.78 is 85.4.